The van der Waals surface area contributed by atoms with Crippen molar-refractivity contribution in [1.82, 2.24) is 5.16 Å². The topological polar surface area (TPSA) is 52.0 Å². The van der Waals surface area contributed by atoms with Gasteiger partial charge in [-0.05, 0) is 36.4 Å². The minimum atomic E-state index is -0.324. The summed E-state index contributed by atoms with van der Waals surface area (Å²) in [5.74, 6) is 0.301. The maximum Gasteiger partial charge on any atom is 0.174 e. The minimum Gasteiger partial charge on any atom is -0.399 e. The van der Waals surface area contributed by atoms with Gasteiger partial charge in [0.25, 0.3) is 0 Å². The number of rotatable bonds is 1. The lowest BCUT2D eigenvalue weighted by Gasteiger charge is -1.97. The molecule has 0 saturated heterocycles. The highest BCUT2D eigenvalue weighted by Crippen LogP contribution is 2.29. The lowest BCUT2D eigenvalue weighted by molar-refractivity contribution is 0.440. The summed E-state index contributed by atoms with van der Waals surface area (Å²) in [4.78, 5) is 0. The summed E-state index contributed by atoms with van der Waals surface area (Å²) in [5.41, 5.74) is 7.68. The summed E-state index contributed by atoms with van der Waals surface area (Å²) < 4.78 is 18.2. The van der Waals surface area contributed by atoms with E-state index in [9.17, 15) is 4.39 Å². The predicted molar refractivity (Wildman–Crippen MR) is 63.8 cm³/mol. The smallest absolute Gasteiger partial charge is 0.174 e. The average molecular weight is 228 g/mol. The Balaban J connectivity index is 2.21. The van der Waals surface area contributed by atoms with Crippen LogP contribution in [0.15, 0.2) is 47.0 Å². The summed E-state index contributed by atoms with van der Waals surface area (Å²) in [7, 11) is 0. The molecule has 0 fully saturated rings. The number of halogens is 1. The molecule has 1 heterocycles. The molecule has 84 valence electrons. The highest BCUT2D eigenvalue weighted by molar-refractivity contribution is 5.91. The molecule has 17 heavy (non-hydrogen) atoms. The lowest BCUT2D eigenvalue weighted by Crippen LogP contribution is -1.83. The van der Waals surface area contributed by atoms with Gasteiger partial charge in [0.05, 0.1) is 0 Å². The zero-order valence-electron chi connectivity index (χ0n) is 8.85. The van der Waals surface area contributed by atoms with Gasteiger partial charge in [0.2, 0.25) is 0 Å². The van der Waals surface area contributed by atoms with Gasteiger partial charge in [0, 0.05) is 22.7 Å². The Kier molecular flexibility index (Phi) is 2.08. The third-order valence-corrected chi connectivity index (χ3v) is 2.61. The number of aromatic nitrogens is 1. The summed E-state index contributed by atoms with van der Waals surface area (Å²) in [6.45, 7) is 0. The molecule has 0 unspecified atom stereocenters. The maximum atomic E-state index is 13.0. The number of hydrogen-bond acceptors (Lipinski definition) is 3. The van der Waals surface area contributed by atoms with Crippen LogP contribution in [-0.2, 0) is 0 Å². The molecule has 3 aromatic rings. The van der Waals surface area contributed by atoms with Gasteiger partial charge in [-0.3, -0.25) is 0 Å². The van der Waals surface area contributed by atoms with E-state index in [1.54, 1.807) is 18.2 Å². The first-order valence-electron chi connectivity index (χ1n) is 5.15. The first-order valence-corrected chi connectivity index (χ1v) is 5.15. The molecule has 0 atom stereocenters. The van der Waals surface area contributed by atoms with E-state index in [1.165, 1.54) is 12.1 Å². The van der Waals surface area contributed by atoms with Crippen molar-refractivity contribution in [3.05, 3.63) is 48.3 Å². The molecule has 0 radical (unpaired) electrons. The van der Waals surface area contributed by atoms with Crippen LogP contribution in [0.3, 0.4) is 0 Å². The van der Waals surface area contributed by atoms with Crippen LogP contribution >= 0.6 is 0 Å². The number of anilines is 1. The van der Waals surface area contributed by atoms with Crippen molar-refractivity contribution in [2.24, 2.45) is 0 Å². The number of hydrogen-bond donors (Lipinski definition) is 1. The van der Waals surface area contributed by atoms with Gasteiger partial charge >= 0.3 is 0 Å². The van der Waals surface area contributed by atoms with Gasteiger partial charge in [-0.15, -0.1) is 0 Å². The highest BCUT2D eigenvalue weighted by Gasteiger charge is 2.10. The zero-order chi connectivity index (χ0) is 11.8. The Morgan fingerprint density at radius 1 is 1.06 bits per heavy atom. The molecule has 0 aliphatic rings. The fourth-order valence-corrected chi connectivity index (χ4v) is 1.76. The molecule has 3 nitrogen and oxygen atoms in total. The van der Waals surface area contributed by atoms with Crippen molar-refractivity contribution in [3.63, 3.8) is 0 Å². The van der Waals surface area contributed by atoms with E-state index in [-0.39, 0.29) is 5.82 Å². The fourth-order valence-electron chi connectivity index (χ4n) is 1.76. The number of benzene rings is 2. The number of nitrogens with two attached hydrogens (primary N) is 1. The van der Waals surface area contributed by atoms with E-state index >= 15 is 0 Å². The predicted octanol–water partition coefficient (Wildman–Crippen LogP) is 3.22. The van der Waals surface area contributed by atoms with Gasteiger partial charge in [0.1, 0.15) is 11.3 Å². The van der Waals surface area contributed by atoms with Crippen molar-refractivity contribution >= 4 is 16.6 Å². The second-order valence-corrected chi connectivity index (χ2v) is 3.80. The Hall–Kier alpha value is -2.36. The number of nitrogens with zero attached hydrogens (tertiary/aromatic N) is 1. The molecule has 2 aromatic carbocycles. The van der Waals surface area contributed by atoms with Crippen LogP contribution in [0.2, 0.25) is 0 Å². The summed E-state index contributed by atoms with van der Waals surface area (Å²) in [6.07, 6.45) is 0. The van der Waals surface area contributed by atoms with E-state index in [2.05, 4.69) is 5.16 Å². The molecular weight excluding hydrogens is 219 g/mol. The van der Waals surface area contributed by atoms with Crippen molar-refractivity contribution in [2.45, 2.75) is 0 Å². The van der Waals surface area contributed by atoms with Crippen molar-refractivity contribution in [3.8, 4) is 11.3 Å². The third-order valence-electron chi connectivity index (χ3n) is 2.61. The van der Waals surface area contributed by atoms with Crippen LogP contribution in [0.4, 0.5) is 10.1 Å². The van der Waals surface area contributed by atoms with E-state index in [0.717, 1.165) is 10.9 Å². The van der Waals surface area contributed by atoms with Gasteiger partial charge in [-0.25, -0.2) is 4.39 Å². The highest BCUT2D eigenvalue weighted by atomic mass is 19.1. The maximum absolute atomic E-state index is 13.0. The van der Waals surface area contributed by atoms with E-state index in [1.807, 2.05) is 12.1 Å². The third kappa shape index (κ3) is 1.63. The Morgan fingerprint density at radius 3 is 2.59 bits per heavy atom. The quantitative estimate of drug-likeness (QED) is 0.650. The van der Waals surface area contributed by atoms with E-state index in [4.69, 9.17) is 10.3 Å². The zero-order valence-corrected chi connectivity index (χ0v) is 8.85. The number of nitrogen functional groups attached to an aromatic ring is 1. The lowest BCUT2D eigenvalue weighted by atomic mass is 10.1. The molecule has 0 saturated carbocycles. The summed E-state index contributed by atoms with van der Waals surface area (Å²) >= 11 is 0. The molecule has 0 spiro atoms. The Bertz CT molecular complexity index is 673. The van der Waals surface area contributed by atoms with Crippen LogP contribution in [-0.4, -0.2) is 5.16 Å². The van der Waals surface area contributed by atoms with Crippen LogP contribution in [0.25, 0.3) is 22.2 Å². The SMILES string of the molecule is Nc1ccc(-c2onc3cc(F)ccc23)cc1. The molecule has 0 aliphatic carbocycles. The van der Waals surface area contributed by atoms with Crippen LogP contribution in [0.5, 0.6) is 0 Å². The largest absolute Gasteiger partial charge is 0.399 e. The van der Waals surface area contributed by atoms with Crippen LogP contribution in [0, 0.1) is 5.82 Å². The van der Waals surface area contributed by atoms with Gasteiger partial charge in [0.15, 0.2) is 5.76 Å². The fraction of sp³-hybridized carbons (Fsp3) is 0. The molecule has 0 bridgehead atoms. The first-order chi connectivity index (χ1) is 8.24. The van der Waals surface area contributed by atoms with Crippen molar-refractivity contribution < 1.29 is 8.91 Å². The minimum absolute atomic E-state index is 0.324. The monoisotopic (exact) mass is 228 g/mol. The molecule has 3 rings (SSSR count). The van der Waals surface area contributed by atoms with Gasteiger partial charge < -0.3 is 10.3 Å². The molecule has 1 aromatic heterocycles. The summed E-state index contributed by atoms with van der Waals surface area (Å²) in [5, 5.41) is 4.62. The number of fused-ring (bicyclic) bond motifs is 1. The summed E-state index contributed by atoms with van der Waals surface area (Å²) in [6, 6.07) is 11.7. The Labute approximate surface area is 96.6 Å². The second-order valence-electron chi connectivity index (χ2n) is 3.80. The Morgan fingerprint density at radius 2 is 1.82 bits per heavy atom. The van der Waals surface area contributed by atoms with Crippen LogP contribution in [0.1, 0.15) is 0 Å². The van der Waals surface area contributed by atoms with E-state index < -0.39 is 0 Å². The molecule has 4 heteroatoms. The molecule has 0 aliphatic heterocycles. The molecule has 2 N–H and O–H groups in total. The standard InChI is InChI=1S/C13H9FN2O/c14-9-3-6-11-12(7-9)16-17-13(11)8-1-4-10(15)5-2-8/h1-7H,15H2. The normalized spacial score (nSPS) is 10.9. The molecular formula is C13H9FN2O. The van der Waals surface area contributed by atoms with E-state index in [0.29, 0.717) is 17.0 Å². The van der Waals surface area contributed by atoms with Crippen LogP contribution < -0.4 is 5.73 Å². The van der Waals surface area contributed by atoms with Gasteiger partial charge in [-0.2, -0.15) is 0 Å². The van der Waals surface area contributed by atoms with Crippen molar-refractivity contribution in [2.75, 3.05) is 5.73 Å². The molecule has 0 amide bonds. The second kappa shape index (κ2) is 3.59. The average Bonchev–Trinajstić information content (AvgIpc) is 2.73. The van der Waals surface area contributed by atoms with Crippen molar-refractivity contribution in [1.29, 1.82) is 0 Å². The first kappa shape index (κ1) is 9.84. The van der Waals surface area contributed by atoms with Gasteiger partial charge in [-0.1, -0.05) is 5.16 Å².